The van der Waals surface area contributed by atoms with Crippen molar-refractivity contribution >= 4 is 50.0 Å². The molecule has 0 saturated carbocycles. The minimum absolute atomic E-state index is 0.249. The first-order chi connectivity index (χ1) is 22.8. The molecule has 46 heavy (non-hydrogen) atoms. The number of benzene rings is 7. The molecule has 1 aliphatic rings. The van der Waals surface area contributed by atoms with Gasteiger partial charge < -0.3 is 9.80 Å². The second kappa shape index (κ2) is 12.3. The van der Waals surface area contributed by atoms with E-state index >= 15 is 0 Å². The van der Waals surface area contributed by atoms with Crippen LogP contribution in [0, 0.1) is 0 Å². The highest BCUT2D eigenvalue weighted by Gasteiger charge is 2.21. The zero-order valence-corrected chi connectivity index (χ0v) is 25.6. The van der Waals surface area contributed by atoms with Gasteiger partial charge in [0.05, 0.1) is 11.7 Å². The lowest BCUT2D eigenvalue weighted by Gasteiger charge is -2.33. The second-order valence-electron chi connectivity index (χ2n) is 11.7. The van der Waals surface area contributed by atoms with Gasteiger partial charge in [-0.1, -0.05) is 140 Å². The number of allylic oxidation sites excluding steroid dienone is 2. The van der Waals surface area contributed by atoms with Crippen LogP contribution in [0.25, 0.3) is 32.7 Å². The molecule has 0 radical (unpaired) electrons. The summed E-state index contributed by atoms with van der Waals surface area (Å²) in [6.45, 7) is 0. The van der Waals surface area contributed by atoms with Gasteiger partial charge in [0.2, 0.25) is 0 Å². The van der Waals surface area contributed by atoms with E-state index in [1.165, 1.54) is 49.7 Å². The first-order valence-corrected chi connectivity index (χ1v) is 16.0. The van der Waals surface area contributed by atoms with Crippen LogP contribution in [0.1, 0.15) is 6.42 Å². The number of hydrogen-bond acceptors (Lipinski definition) is 2. The summed E-state index contributed by atoms with van der Waals surface area (Å²) in [5, 5.41) is 4.98. The lowest BCUT2D eigenvalue weighted by Crippen LogP contribution is -2.29. The molecule has 8 rings (SSSR count). The predicted molar refractivity (Wildman–Crippen MR) is 197 cm³/mol. The standard InChI is InChI=1S/C44H34N2/c1-3-17-37(18-4-1)45(43-23-11-15-35-13-7-9-21-41(35)43)39-29-25-33(26-30-39)34-27-31-40(32-28-34)46(38-19-5-2-6-20-38)44-24-12-16-36-14-8-10-22-42(36)44/h1-19,21-32,38H,20H2. The summed E-state index contributed by atoms with van der Waals surface area (Å²) in [5.74, 6) is 0. The minimum atomic E-state index is 0.249. The summed E-state index contributed by atoms with van der Waals surface area (Å²) >= 11 is 0. The van der Waals surface area contributed by atoms with Gasteiger partial charge in [-0.25, -0.2) is 0 Å². The van der Waals surface area contributed by atoms with Gasteiger partial charge in [0, 0.05) is 33.5 Å². The monoisotopic (exact) mass is 590 g/mol. The summed E-state index contributed by atoms with van der Waals surface area (Å²) in [4.78, 5) is 4.83. The molecule has 0 bridgehead atoms. The average molecular weight is 591 g/mol. The van der Waals surface area contributed by atoms with Crippen molar-refractivity contribution in [1.29, 1.82) is 0 Å². The molecule has 1 atom stereocenters. The highest BCUT2D eigenvalue weighted by molar-refractivity contribution is 5.99. The first-order valence-electron chi connectivity index (χ1n) is 16.0. The Balaban J connectivity index is 1.15. The lowest BCUT2D eigenvalue weighted by atomic mass is 10.00. The molecule has 2 nitrogen and oxygen atoms in total. The lowest BCUT2D eigenvalue weighted by molar-refractivity contribution is 0.787. The highest BCUT2D eigenvalue weighted by atomic mass is 15.2. The molecule has 2 heteroatoms. The topological polar surface area (TPSA) is 6.48 Å². The Bertz CT molecular complexity index is 2170. The van der Waals surface area contributed by atoms with E-state index in [1.54, 1.807) is 0 Å². The van der Waals surface area contributed by atoms with E-state index in [0.29, 0.717) is 0 Å². The molecule has 1 unspecified atom stereocenters. The minimum Gasteiger partial charge on any atom is -0.334 e. The number of rotatable bonds is 7. The molecule has 0 aliphatic heterocycles. The Morgan fingerprint density at radius 1 is 0.413 bits per heavy atom. The zero-order chi connectivity index (χ0) is 30.7. The normalized spacial score (nSPS) is 14.0. The molecule has 0 amide bonds. The zero-order valence-electron chi connectivity index (χ0n) is 25.6. The van der Waals surface area contributed by atoms with Crippen molar-refractivity contribution in [2.45, 2.75) is 12.5 Å². The number of para-hydroxylation sites is 1. The van der Waals surface area contributed by atoms with Gasteiger partial charge in [0.25, 0.3) is 0 Å². The van der Waals surface area contributed by atoms with Crippen molar-refractivity contribution < 1.29 is 0 Å². The summed E-state index contributed by atoms with van der Waals surface area (Å²) in [6, 6.07) is 59.3. The fraction of sp³-hybridized carbons (Fsp3) is 0.0455. The summed E-state index contributed by atoms with van der Waals surface area (Å²) in [7, 11) is 0. The van der Waals surface area contributed by atoms with E-state index in [2.05, 4.69) is 198 Å². The SMILES string of the molecule is C1=CCC(N(c2ccc(-c3ccc(N(c4ccccc4)c4cccc5ccccc45)cc3)cc2)c2cccc3ccccc23)C=C1. The Labute approximate surface area is 270 Å². The van der Waals surface area contributed by atoms with Crippen LogP contribution in [-0.2, 0) is 0 Å². The van der Waals surface area contributed by atoms with Crippen molar-refractivity contribution in [3.63, 3.8) is 0 Å². The number of hydrogen-bond donors (Lipinski definition) is 0. The Hall–Kier alpha value is -5.86. The second-order valence-corrected chi connectivity index (χ2v) is 11.7. The van der Waals surface area contributed by atoms with Crippen molar-refractivity contribution in [2.24, 2.45) is 0 Å². The van der Waals surface area contributed by atoms with Crippen LogP contribution < -0.4 is 9.80 Å². The average Bonchev–Trinajstić information content (AvgIpc) is 3.14. The summed E-state index contributed by atoms with van der Waals surface area (Å²) in [6.07, 6.45) is 9.85. The molecule has 0 N–H and O–H groups in total. The molecule has 1 aliphatic carbocycles. The molecule has 0 heterocycles. The van der Waals surface area contributed by atoms with E-state index in [-0.39, 0.29) is 6.04 Å². The van der Waals surface area contributed by atoms with E-state index in [9.17, 15) is 0 Å². The fourth-order valence-electron chi connectivity index (χ4n) is 6.71. The Morgan fingerprint density at radius 2 is 0.935 bits per heavy atom. The smallest absolute Gasteiger partial charge is 0.0560 e. The van der Waals surface area contributed by atoms with Crippen LogP contribution in [0.5, 0.6) is 0 Å². The number of anilines is 5. The van der Waals surface area contributed by atoms with E-state index in [1.807, 2.05) is 0 Å². The van der Waals surface area contributed by atoms with E-state index < -0.39 is 0 Å². The molecular formula is C44H34N2. The van der Waals surface area contributed by atoms with Crippen molar-refractivity contribution in [2.75, 3.05) is 9.80 Å². The highest BCUT2D eigenvalue weighted by Crippen LogP contribution is 2.40. The van der Waals surface area contributed by atoms with Crippen LogP contribution in [-0.4, -0.2) is 6.04 Å². The molecule has 0 saturated heterocycles. The van der Waals surface area contributed by atoms with Crippen molar-refractivity contribution in [3.8, 4) is 11.1 Å². The number of fused-ring (bicyclic) bond motifs is 2. The largest absolute Gasteiger partial charge is 0.334 e. The molecule has 0 fully saturated rings. The van der Waals surface area contributed by atoms with Crippen LogP contribution in [0.4, 0.5) is 28.4 Å². The predicted octanol–water partition coefficient (Wildman–Crippen LogP) is 12.2. The quantitative estimate of drug-likeness (QED) is 0.182. The first kappa shape index (κ1) is 27.7. The number of nitrogens with zero attached hydrogens (tertiary/aromatic N) is 2. The third kappa shape index (κ3) is 5.25. The molecule has 0 spiro atoms. The maximum atomic E-state index is 2.48. The van der Waals surface area contributed by atoms with Gasteiger partial charge in [-0.15, -0.1) is 0 Å². The molecule has 7 aromatic carbocycles. The Kier molecular flexibility index (Phi) is 7.38. The van der Waals surface area contributed by atoms with E-state index in [0.717, 1.165) is 17.8 Å². The van der Waals surface area contributed by atoms with Crippen LogP contribution in [0.2, 0.25) is 0 Å². The van der Waals surface area contributed by atoms with E-state index in [4.69, 9.17) is 0 Å². The van der Waals surface area contributed by atoms with Crippen LogP contribution >= 0.6 is 0 Å². The molecular weight excluding hydrogens is 556 g/mol. The van der Waals surface area contributed by atoms with Gasteiger partial charge in [-0.3, -0.25) is 0 Å². The maximum Gasteiger partial charge on any atom is 0.0560 e. The summed E-state index contributed by atoms with van der Waals surface area (Å²) in [5.41, 5.74) is 8.24. The van der Waals surface area contributed by atoms with Crippen molar-refractivity contribution in [1.82, 2.24) is 0 Å². The molecule has 0 aromatic heterocycles. The summed E-state index contributed by atoms with van der Waals surface area (Å²) < 4.78 is 0. The van der Waals surface area contributed by atoms with Crippen LogP contribution in [0.3, 0.4) is 0 Å². The van der Waals surface area contributed by atoms with Crippen LogP contribution in [0.15, 0.2) is 188 Å². The van der Waals surface area contributed by atoms with Crippen molar-refractivity contribution in [3.05, 3.63) is 188 Å². The van der Waals surface area contributed by atoms with Gasteiger partial charge >= 0.3 is 0 Å². The Morgan fingerprint density at radius 3 is 1.57 bits per heavy atom. The molecule has 7 aromatic rings. The van der Waals surface area contributed by atoms with Gasteiger partial charge in [-0.05, 0) is 76.9 Å². The maximum absolute atomic E-state index is 2.48. The fourth-order valence-corrected chi connectivity index (χ4v) is 6.71. The van der Waals surface area contributed by atoms with Gasteiger partial charge in [-0.2, -0.15) is 0 Å². The molecule has 220 valence electrons. The van der Waals surface area contributed by atoms with Gasteiger partial charge in [0.15, 0.2) is 0 Å². The third-order valence-electron chi connectivity index (χ3n) is 8.94. The van der Waals surface area contributed by atoms with Gasteiger partial charge in [0.1, 0.15) is 0 Å². The third-order valence-corrected chi connectivity index (χ3v) is 8.94.